The van der Waals surface area contributed by atoms with E-state index in [1.807, 2.05) is 50.5 Å². The molecule has 0 unspecified atom stereocenters. The van der Waals surface area contributed by atoms with E-state index in [0.29, 0.717) is 0 Å². The summed E-state index contributed by atoms with van der Waals surface area (Å²) in [5.74, 6) is 0. The summed E-state index contributed by atoms with van der Waals surface area (Å²) in [6.45, 7) is 12.3. The quantitative estimate of drug-likeness (QED) is 0.672. The summed E-state index contributed by atoms with van der Waals surface area (Å²) in [4.78, 5) is 0. The van der Waals surface area contributed by atoms with Crippen molar-refractivity contribution < 1.29 is 16.9 Å². The molecule has 0 aromatic heterocycles. The second kappa shape index (κ2) is 6.04. The van der Waals surface area contributed by atoms with E-state index in [9.17, 15) is 0 Å². The molecular formula is C12H22BBrO4Si3. The minimum absolute atomic E-state index is 0.434. The third-order valence-electron chi connectivity index (χ3n) is 2.89. The topological polar surface area (TPSA) is 36.9 Å². The molecule has 21 heavy (non-hydrogen) atoms. The zero-order chi connectivity index (χ0) is 15.9. The van der Waals surface area contributed by atoms with E-state index in [1.54, 1.807) is 0 Å². The van der Waals surface area contributed by atoms with Gasteiger partial charge in [-0.15, -0.1) is 0 Å². The molecule has 1 aromatic rings. The van der Waals surface area contributed by atoms with E-state index < -0.39 is 32.8 Å². The number of hydrogen-bond acceptors (Lipinski definition) is 4. The average Bonchev–Trinajstić information content (AvgIpc) is 2.22. The third-order valence-corrected chi connectivity index (χ3v) is 12.8. The molecule has 0 amide bonds. The lowest BCUT2D eigenvalue weighted by Gasteiger charge is -2.43. The van der Waals surface area contributed by atoms with Crippen molar-refractivity contribution in [1.29, 1.82) is 0 Å². The Bertz CT molecular complexity index is 505. The summed E-state index contributed by atoms with van der Waals surface area (Å²) >= 11 is 3.49. The molecule has 1 aromatic carbocycles. The molecule has 0 N–H and O–H groups in total. The fourth-order valence-electron chi connectivity index (χ4n) is 2.58. The Hall–Kier alpha value is 0.256. The van der Waals surface area contributed by atoms with Crippen LogP contribution in [0.2, 0.25) is 39.3 Å². The molecule has 1 saturated heterocycles. The Balaban J connectivity index is 2.33. The van der Waals surface area contributed by atoms with Crippen molar-refractivity contribution in [2.75, 3.05) is 0 Å². The predicted octanol–water partition coefficient (Wildman–Crippen LogP) is 3.33. The molecule has 1 aliphatic rings. The van der Waals surface area contributed by atoms with E-state index in [1.165, 1.54) is 0 Å². The predicted molar refractivity (Wildman–Crippen MR) is 96.3 cm³/mol. The van der Waals surface area contributed by atoms with Gasteiger partial charge in [-0.25, -0.2) is 0 Å². The van der Waals surface area contributed by atoms with Gasteiger partial charge in [0.2, 0.25) is 0 Å². The summed E-state index contributed by atoms with van der Waals surface area (Å²) in [6, 6.07) is 7.99. The molecule has 0 aliphatic carbocycles. The molecule has 116 valence electrons. The van der Waals surface area contributed by atoms with Gasteiger partial charge in [0.25, 0.3) is 0 Å². The van der Waals surface area contributed by atoms with Crippen LogP contribution in [0.4, 0.5) is 0 Å². The highest BCUT2D eigenvalue weighted by molar-refractivity contribution is 9.10. The minimum Gasteiger partial charge on any atom is -0.430 e. The third kappa shape index (κ3) is 5.14. The van der Waals surface area contributed by atoms with Gasteiger partial charge in [0.15, 0.2) is 0 Å². The highest BCUT2D eigenvalue weighted by Crippen LogP contribution is 2.26. The fourth-order valence-corrected chi connectivity index (χ4v) is 14.9. The number of benzene rings is 1. The van der Waals surface area contributed by atoms with Gasteiger partial charge in [-0.05, 0) is 56.9 Å². The summed E-state index contributed by atoms with van der Waals surface area (Å²) in [5.41, 5.74) is 0.985. The Morgan fingerprint density at radius 1 is 0.857 bits per heavy atom. The van der Waals surface area contributed by atoms with Crippen LogP contribution >= 0.6 is 15.9 Å². The summed E-state index contributed by atoms with van der Waals surface area (Å²) in [5, 5.41) is 0. The minimum atomic E-state index is -2.32. The van der Waals surface area contributed by atoms with Crippen LogP contribution in [0.3, 0.4) is 0 Å². The van der Waals surface area contributed by atoms with Crippen molar-refractivity contribution in [3.63, 3.8) is 0 Å². The zero-order valence-electron chi connectivity index (χ0n) is 13.4. The van der Waals surface area contributed by atoms with Crippen LogP contribution in [-0.4, -0.2) is 32.8 Å². The Kier molecular flexibility index (Phi) is 5.07. The van der Waals surface area contributed by atoms with Gasteiger partial charge in [-0.2, -0.15) is 0 Å². The second-order valence-corrected chi connectivity index (χ2v) is 17.9. The maximum Gasteiger partial charge on any atom is 0.475 e. The lowest BCUT2D eigenvalue weighted by molar-refractivity contribution is 0.254. The first-order valence-electron chi connectivity index (χ1n) is 7.00. The second-order valence-electron chi connectivity index (χ2n) is 6.53. The molecule has 2 rings (SSSR count). The number of rotatable bonds is 1. The maximum absolute atomic E-state index is 6.26. The van der Waals surface area contributed by atoms with Crippen LogP contribution < -0.4 is 5.46 Å². The highest BCUT2D eigenvalue weighted by Gasteiger charge is 2.48. The largest absolute Gasteiger partial charge is 0.475 e. The Morgan fingerprint density at radius 2 is 1.38 bits per heavy atom. The zero-order valence-corrected chi connectivity index (χ0v) is 18.0. The first kappa shape index (κ1) is 17.6. The van der Waals surface area contributed by atoms with Crippen molar-refractivity contribution >= 4 is 54.2 Å². The fraction of sp³-hybridized carbons (Fsp3) is 0.500. The van der Waals surface area contributed by atoms with Crippen molar-refractivity contribution in [2.24, 2.45) is 0 Å². The molecule has 1 fully saturated rings. The van der Waals surface area contributed by atoms with Crippen LogP contribution in [0.25, 0.3) is 0 Å². The normalized spacial score (nSPS) is 24.2. The van der Waals surface area contributed by atoms with Gasteiger partial charge in [0.1, 0.15) is 0 Å². The molecule has 4 nitrogen and oxygen atoms in total. The SMILES string of the molecule is C[Si]1(C)OB(c2cccc(Br)c2)O[Si](C)(C)O[Si](C)(C)O1. The first-order valence-corrected chi connectivity index (χ1v) is 16.2. The monoisotopic (exact) mass is 404 g/mol. The molecule has 1 heterocycles. The molecule has 0 atom stereocenters. The lowest BCUT2D eigenvalue weighted by Crippen LogP contribution is -2.63. The summed E-state index contributed by atoms with van der Waals surface area (Å²) in [6.07, 6.45) is 0. The Labute approximate surface area is 139 Å². The molecule has 0 radical (unpaired) electrons. The van der Waals surface area contributed by atoms with E-state index >= 15 is 0 Å². The van der Waals surface area contributed by atoms with Gasteiger partial charge in [0.05, 0.1) is 0 Å². The lowest BCUT2D eigenvalue weighted by atomic mass is 9.80. The summed E-state index contributed by atoms with van der Waals surface area (Å²) in [7, 11) is -7.29. The van der Waals surface area contributed by atoms with E-state index in [2.05, 4.69) is 29.0 Å². The van der Waals surface area contributed by atoms with Gasteiger partial charge < -0.3 is 16.9 Å². The standard InChI is InChI=1S/C12H22BBrO4Si3/c1-19(2)15-13(11-8-7-9-12(14)10-11)16-20(3,4)18-21(5,6)17-19/h7-10H,1-6H3. The molecule has 1 aliphatic heterocycles. The summed E-state index contributed by atoms with van der Waals surface area (Å²) < 4.78 is 26.0. The molecule has 0 bridgehead atoms. The van der Waals surface area contributed by atoms with E-state index in [-0.39, 0.29) is 0 Å². The van der Waals surface area contributed by atoms with Gasteiger partial charge in [0, 0.05) is 4.47 Å². The van der Waals surface area contributed by atoms with Gasteiger partial charge in [-0.1, -0.05) is 28.1 Å². The van der Waals surface area contributed by atoms with Gasteiger partial charge in [-0.3, -0.25) is 0 Å². The number of hydrogen-bond donors (Lipinski definition) is 0. The molecule has 0 spiro atoms. The van der Waals surface area contributed by atoms with E-state index in [0.717, 1.165) is 9.94 Å². The van der Waals surface area contributed by atoms with Crippen molar-refractivity contribution in [3.8, 4) is 0 Å². The van der Waals surface area contributed by atoms with Crippen LogP contribution in [-0.2, 0) is 16.9 Å². The van der Waals surface area contributed by atoms with Crippen molar-refractivity contribution in [2.45, 2.75) is 39.3 Å². The van der Waals surface area contributed by atoms with Crippen LogP contribution in [0.1, 0.15) is 0 Å². The molecule has 9 heteroatoms. The molecular weight excluding hydrogens is 383 g/mol. The van der Waals surface area contributed by atoms with E-state index in [4.69, 9.17) is 16.9 Å². The van der Waals surface area contributed by atoms with Crippen molar-refractivity contribution in [1.82, 2.24) is 0 Å². The maximum atomic E-state index is 6.26. The Morgan fingerprint density at radius 3 is 1.86 bits per heavy atom. The first-order chi connectivity index (χ1) is 9.48. The smallest absolute Gasteiger partial charge is 0.430 e. The van der Waals surface area contributed by atoms with Crippen LogP contribution in [0.5, 0.6) is 0 Å². The van der Waals surface area contributed by atoms with Crippen LogP contribution in [0.15, 0.2) is 28.7 Å². The number of halogens is 1. The average molecular weight is 405 g/mol. The van der Waals surface area contributed by atoms with Crippen LogP contribution in [0, 0.1) is 0 Å². The van der Waals surface area contributed by atoms with Crippen molar-refractivity contribution in [3.05, 3.63) is 28.7 Å². The molecule has 0 saturated carbocycles. The highest BCUT2D eigenvalue weighted by atomic mass is 79.9. The van der Waals surface area contributed by atoms with Gasteiger partial charge >= 0.3 is 32.8 Å².